The van der Waals surface area contributed by atoms with Crippen molar-refractivity contribution in [3.8, 4) is 0 Å². The van der Waals surface area contributed by atoms with Crippen LogP contribution in [0.25, 0.3) is 0 Å². The van der Waals surface area contributed by atoms with Gasteiger partial charge in [0.05, 0.1) is 11.9 Å². The molecule has 0 aliphatic carbocycles. The number of hydrogen-bond donors (Lipinski definition) is 3. The maximum absolute atomic E-state index is 11.1. The van der Waals surface area contributed by atoms with Gasteiger partial charge in [0.25, 0.3) is 0 Å². The van der Waals surface area contributed by atoms with Crippen molar-refractivity contribution in [2.45, 2.75) is 13.5 Å². The van der Waals surface area contributed by atoms with E-state index in [2.05, 4.69) is 20.8 Å². The predicted octanol–water partition coefficient (Wildman–Crippen LogP) is 1.98. The SMILES string of the molecule is CC(=O)Nc1ccccc1CNc1cn[nH]c1. The van der Waals surface area contributed by atoms with Crippen LogP contribution in [0.2, 0.25) is 0 Å². The number of para-hydroxylation sites is 1. The van der Waals surface area contributed by atoms with Crippen molar-refractivity contribution < 1.29 is 4.79 Å². The topological polar surface area (TPSA) is 69.8 Å². The molecule has 0 aliphatic rings. The first-order chi connectivity index (χ1) is 8.25. The van der Waals surface area contributed by atoms with Crippen molar-refractivity contribution in [1.29, 1.82) is 0 Å². The molecule has 0 aliphatic heterocycles. The maximum atomic E-state index is 11.1. The van der Waals surface area contributed by atoms with Crippen LogP contribution in [-0.4, -0.2) is 16.1 Å². The molecule has 5 heteroatoms. The molecule has 0 radical (unpaired) electrons. The Labute approximate surface area is 99.2 Å². The molecule has 17 heavy (non-hydrogen) atoms. The number of amides is 1. The highest BCUT2D eigenvalue weighted by Crippen LogP contribution is 2.16. The van der Waals surface area contributed by atoms with Gasteiger partial charge in [0.15, 0.2) is 0 Å². The Hall–Kier alpha value is -2.30. The summed E-state index contributed by atoms with van der Waals surface area (Å²) in [5.74, 6) is -0.0687. The normalized spacial score (nSPS) is 9.94. The fraction of sp³-hybridized carbons (Fsp3) is 0.167. The van der Waals surface area contributed by atoms with Crippen molar-refractivity contribution in [2.75, 3.05) is 10.6 Å². The van der Waals surface area contributed by atoms with Gasteiger partial charge in [-0.1, -0.05) is 18.2 Å². The maximum Gasteiger partial charge on any atom is 0.221 e. The second-order valence-corrected chi connectivity index (χ2v) is 3.68. The van der Waals surface area contributed by atoms with Gasteiger partial charge in [0.1, 0.15) is 0 Å². The van der Waals surface area contributed by atoms with Gasteiger partial charge in [0, 0.05) is 25.4 Å². The van der Waals surface area contributed by atoms with Crippen molar-refractivity contribution >= 4 is 17.3 Å². The van der Waals surface area contributed by atoms with Crippen LogP contribution in [0.3, 0.4) is 0 Å². The third kappa shape index (κ3) is 3.07. The van der Waals surface area contributed by atoms with E-state index in [1.54, 1.807) is 12.4 Å². The second-order valence-electron chi connectivity index (χ2n) is 3.68. The molecule has 0 atom stereocenters. The monoisotopic (exact) mass is 230 g/mol. The average molecular weight is 230 g/mol. The molecule has 2 rings (SSSR count). The molecule has 1 aromatic carbocycles. The summed E-state index contributed by atoms with van der Waals surface area (Å²) in [7, 11) is 0. The van der Waals surface area contributed by atoms with E-state index in [9.17, 15) is 4.79 Å². The lowest BCUT2D eigenvalue weighted by atomic mass is 10.1. The third-order valence-corrected chi connectivity index (χ3v) is 2.31. The molecule has 0 spiro atoms. The van der Waals surface area contributed by atoms with E-state index in [1.165, 1.54) is 6.92 Å². The van der Waals surface area contributed by atoms with Crippen molar-refractivity contribution in [1.82, 2.24) is 10.2 Å². The van der Waals surface area contributed by atoms with Crippen LogP contribution in [0.15, 0.2) is 36.7 Å². The first kappa shape index (κ1) is 11.2. The standard InChI is InChI=1S/C12H14N4O/c1-9(17)16-12-5-3-2-4-10(12)6-13-11-7-14-15-8-11/h2-5,7-8,13H,6H2,1H3,(H,14,15)(H,16,17). The third-order valence-electron chi connectivity index (χ3n) is 2.31. The van der Waals surface area contributed by atoms with Crippen LogP contribution >= 0.6 is 0 Å². The molecule has 1 aromatic heterocycles. The molecule has 0 unspecified atom stereocenters. The summed E-state index contributed by atoms with van der Waals surface area (Å²) in [5, 5.41) is 12.6. The summed E-state index contributed by atoms with van der Waals surface area (Å²) in [4.78, 5) is 11.1. The van der Waals surface area contributed by atoms with Crippen LogP contribution in [0, 0.1) is 0 Å². The second kappa shape index (κ2) is 5.16. The molecule has 3 N–H and O–H groups in total. The van der Waals surface area contributed by atoms with Crippen LogP contribution in [-0.2, 0) is 11.3 Å². The summed E-state index contributed by atoms with van der Waals surface area (Å²) >= 11 is 0. The molecular formula is C12H14N4O. The molecule has 1 heterocycles. The number of anilines is 2. The van der Waals surface area contributed by atoms with E-state index in [-0.39, 0.29) is 5.91 Å². The zero-order chi connectivity index (χ0) is 12.1. The lowest BCUT2D eigenvalue weighted by molar-refractivity contribution is -0.114. The Morgan fingerprint density at radius 3 is 2.94 bits per heavy atom. The number of H-pyrrole nitrogens is 1. The van der Waals surface area contributed by atoms with Gasteiger partial charge in [-0.25, -0.2) is 0 Å². The van der Waals surface area contributed by atoms with Crippen LogP contribution < -0.4 is 10.6 Å². The van der Waals surface area contributed by atoms with Crippen LogP contribution in [0.1, 0.15) is 12.5 Å². The highest BCUT2D eigenvalue weighted by atomic mass is 16.1. The quantitative estimate of drug-likeness (QED) is 0.752. The van der Waals surface area contributed by atoms with Gasteiger partial charge in [-0.05, 0) is 11.6 Å². The number of nitrogens with zero attached hydrogens (tertiary/aromatic N) is 1. The van der Waals surface area contributed by atoms with Gasteiger partial charge >= 0.3 is 0 Å². The van der Waals surface area contributed by atoms with Crippen molar-refractivity contribution in [3.63, 3.8) is 0 Å². The zero-order valence-electron chi connectivity index (χ0n) is 9.53. The molecule has 2 aromatic rings. The summed E-state index contributed by atoms with van der Waals surface area (Å²) in [6.07, 6.45) is 3.49. The lowest BCUT2D eigenvalue weighted by Crippen LogP contribution is -2.09. The minimum atomic E-state index is -0.0687. The number of rotatable bonds is 4. The van der Waals surface area contributed by atoms with Crippen molar-refractivity contribution in [3.05, 3.63) is 42.2 Å². The molecule has 1 amide bonds. The predicted molar refractivity (Wildman–Crippen MR) is 66.7 cm³/mol. The Morgan fingerprint density at radius 2 is 2.24 bits per heavy atom. The van der Waals surface area contributed by atoms with Crippen LogP contribution in [0.5, 0.6) is 0 Å². The fourth-order valence-corrected chi connectivity index (χ4v) is 1.53. The van der Waals surface area contributed by atoms with E-state index in [0.717, 1.165) is 16.9 Å². The molecule has 0 saturated carbocycles. The van der Waals surface area contributed by atoms with E-state index in [1.807, 2.05) is 24.3 Å². The smallest absolute Gasteiger partial charge is 0.221 e. The highest BCUT2D eigenvalue weighted by molar-refractivity contribution is 5.89. The number of hydrogen-bond acceptors (Lipinski definition) is 3. The molecule has 88 valence electrons. The first-order valence-electron chi connectivity index (χ1n) is 5.34. The highest BCUT2D eigenvalue weighted by Gasteiger charge is 2.03. The van der Waals surface area contributed by atoms with Crippen molar-refractivity contribution in [2.24, 2.45) is 0 Å². The number of aromatic nitrogens is 2. The number of aromatic amines is 1. The lowest BCUT2D eigenvalue weighted by Gasteiger charge is -2.10. The fourth-order valence-electron chi connectivity index (χ4n) is 1.53. The molecule has 0 bridgehead atoms. The zero-order valence-corrected chi connectivity index (χ0v) is 9.53. The van der Waals surface area contributed by atoms with Gasteiger partial charge in [-0.15, -0.1) is 0 Å². The van der Waals surface area contributed by atoms with E-state index in [0.29, 0.717) is 6.54 Å². The Bertz CT molecular complexity index is 493. The Kier molecular flexibility index (Phi) is 3.40. The van der Waals surface area contributed by atoms with E-state index < -0.39 is 0 Å². The Balaban J connectivity index is 2.06. The molecular weight excluding hydrogens is 216 g/mol. The first-order valence-corrected chi connectivity index (χ1v) is 5.34. The summed E-state index contributed by atoms with van der Waals surface area (Å²) in [5.41, 5.74) is 2.78. The van der Waals surface area contributed by atoms with Gasteiger partial charge in [-0.3, -0.25) is 9.89 Å². The van der Waals surface area contributed by atoms with Crippen LogP contribution in [0.4, 0.5) is 11.4 Å². The largest absolute Gasteiger partial charge is 0.378 e. The minimum absolute atomic E-state index is 0.0687. The summed E-state index contributed by atoms with van der Waals surface area (Å²) < 4.78 is 0. The van der Waals surface area contributed by atoms with Gasteiger partial charge < -0.3 is 10.6 Å². The molecule has 0 fully saturated rings. The van der Waals surface area contributed by atoms with Gasteiger partial charge in [-0.2, -0.15) is 5.10 Å². The number of nitrogens with one attached hydrogen (secondary N) is 3. The molecule has 0 saturated heterocycles. The van der Waals surface area contributed by atoms with E-state index >= 15 is 0 Å². The summed E-state index contributed by atoms with van der Waals surface area (Å²) in [6.45, 7) is 2.14. The Morgan fingerprint density at radius 1 is 1.41 bits per heavy atom. The minimum Gasteiger partial charge on any atom is -0.378 e. The number of carbonyl (C=O) groups excluding carboxylic acids is 1. The van der Waals surface area contributed by atoms with E-state index in [4.69, 9.17) is 0 Å². The number of benzene rings is 1. The average Bonchev–Trinajstić information content (AvgIpc) is 2.80. The number of carbonyl (C=O) groups is 1. The molecule has 5 nitrogen and oxygen atoms in total. The van der Waals surface area contributed by atoms with Gasteiger partial charge in [0.2, 0.25) is 5.91 Å². The summed E-state index contributed by atoms with van der Waals surface area (Å²) in [6, 6.07) is 7.69.